The fraction of sp³-hybridized carbons (Fsp3) is 0.333. The molecule has 5 nitrogen and oxygen atoms in total. The Labute approximate surface area is 129 Å². The Bertz CT molecular complexity index is 594. The zero-order chi connectivity index (χ0) is 13.9. The van der Waals surface area contributed by atoms with Gasteiger partial charge in [-0.2, -0.15) is 0 Å². The van der Waals surface area contributed by atoms with E-state index in [4.69, 9.17) is 4.52 Å². The standard InChI is InChI=1S/C15H17N3O2.ClH/c1-18(12-7-8-16-10-12)15(19)14-9-13(17-20-14)11-5-3-2-4-6-11;/h2-6,9,12,16H,7-8,10H2,1H3;1H. The molecule has 0 aliphatic carbocycles. The van der Waals surface area contributed by atoms with Crippen molar-refractivity contribution in [3.8, 4) is 11.3 Å². The maximum absolute atomic E-state index is 12.3. The molecule has 1 aliphatic rings. The number of carbonyl (C=O) groups excluding carboxylic acids is 1. The molecule has 6 heteroatoms. The lowest BCUT2D eigenvalue weighted by atomic mass is 10.1. The highest BCUT2D eigenvalue weighted by Crippen LogP contribution is 2.20. The van der Waals surface area contributed by atoms with Crippen LogP contribution in [-0.4, -0.2) is 42.1 Å². The van der Waals surface area contributed by atoms with E-state index in [-0.39, 0.29) is 24.4 Å². The molecule has 1 N–H and O–H groups in total. The highest BCUT2D eigenvalue weighted by Gasteiger charge is 2.26. The number of likely N-dealkylation sites (N-methyl/N-ethyl adjacent to an activating group) is 1. The number of halogens is 1. The van der Waals surface area contributed by atoms with E-state index in [2.05, 4.69) is 10.5 Å². The van der Waals surface area contributed by atoms with Gasteiger partial charge in [0.1, 0.15) is 5.69 Å². The van der Waals surface area contributed by atoms with Crippen molar-refractivity contribution in [3.05, 3.63) is 42.2 Å². The third kappa shape index (κ3) is 3.25. The van der Waals surface area contributed by atoms with Crippen LogP contribution < -0.4 is 5.32 Å². The number of aromatic nitrogens is 1. The molecule has 1 unspecified atom stereocenters. The van der Waals surface area contributed by atoms with Gasteiger partial charge in [-0.1, -0.05) is 35.5 Å². The minimum absolute atomic E-state index is 0. The van der Waals surface area contributed by atoms with Crippen LogP contribution in [0.3, 0.4) is 0 Å². The summed E-state index contributed by atoms with van der Waals surface area (Å²) in [4.78, 5) is 14.1. The molecule has 0 spiro atoms. The second-order valence-electron chi connectivity index (χ2n) is 5.01. The number of amides is 1. The SMILES string of the molecule is CN(C(=O)c1cc(-c2ccccc2)no1)C1CCNC1.Cl. The van der Waals surface area contributed by atoms with Crippen LogP contribution in [0.25, 0.3) is 11.3 Å². The maximum Gasteiger partial charge on any atom is 0.292 e. The Hall–Kier alpha value is -1.85. The fourth-order valence-electron chi connectivity index (χ4n) is 2.43. The molecule has 2 heterocycles. The molecule has 1 aromatic carbocycles. The summed E-state index contributed by atoms with van der Waals surface area (Å²) in [5, 5.41) is 7.23. The van der Waals surface area contributed by atoms with E-state index in [0.717, 1.165) is 25.1 Å². The monoisotopic (exact) mass is 307 g/mol. The molecule has 0 radical (unpaired) electrons. The van der Waals surface area contributed by atoms with Crippen LogP contribution in [0.4, 0.5) is 0 Å². The Morgan fingerprint density at radius 1 is 1.38 bits per heavy atom. The molecule has 1 amide bonds. The van der Waals surface area contributed by atoms with Gasteiger partial charge < -0.3 is 14.7 Å². The smallest absolute Gasteiger partial charge is 0.292 e. The normalized spacial score (nSPS) is 17.3. The van der Waals surface area contributed by atoms with Crippen molar-refractivity contribution in [2.24, 2.45) is 0 Å². The van der Waals surface area contributed by atoms with Crippen molar-refractivity contribution in [1.82, 2.24) is 15.4 Å². The van der Waals surface area contributed by atoms with E-state index < -0.39 is 0 Å². The molecule has 1 aromatic heterocycles. The number of carbonyl (C=O) groups is 1. The Kier molecular flexibility index (Phi) is 4.98. The van der Waals surface area contributed by atoms with Gasteiger partial charge in [-0.3, -0.25) is 4.79 Å². The summed E-state index contributed by atoms with van der Waals surface area (Å²) in [6.07, 6.45) is 0.974. The van der Waals surface area contributed by atoms with Gasteiger partial charge in [0, 0.05) is 31.3 Å². The van der Waals surface area contributed by atoms with Crippen molar-refractivity contribution < 1.29 is 9.32 Å². The van der Waals surface area contributed by atoms with Crippen molar-refractivity contribution >= 4 is 18.3 Å². The van der Waals surface area contributed by atoms with Crippen molar-refractivity contribution in [2.45, 2.75) is 12.5 Å². The third-order valence-electron chi connectivity index (χ3n) is 3.69. The Morgan fingerprint density at radius 2 is 2.14 bits per heavy atom. The summed E-state index contributed by atoms with van der Waals surface area (Å²) in [6.45, 7) is 1.79. The topological polar surface area (TPSA) is 58.4 Å². The van der Waals surface area contributed by atoms with Crippen LogP contribution in [0.2, 0.25) is 0 Å². The second kappa shape index (κ2) is 6.74. The lowest BCUT2D eigenvalue weighted by Gasteiger charge is -2.22. The summed E-state index contributed by atoms with van der Waals surface area (Å²) < 4.78 is 5.20. The molecular weight excluding hydrogens is 290 g/mol. The average molecular weight is 308 g/mol. The minimum Gasteiger partial charge on any atom is -0.350 e. The largest absolute Gasteiger partial charge is 0.350 e. The van der Waals surface area contributed by atoms with E-state index in [1.165, 1.54) is 0 Å². The first kappa shape index (κ1) is 15.5. The van der Waals surface area contributed by atoms with Crippen LogP contribution in [0.1, 0.15) is 17.0 Å². The molecule has 1 saturated heterocycles. The highest BCUT2D eigenvalue weighted by molar-refractivity contribution is 5.92. The third-order valence-corrected chi connectivity index (χ3v) is 3.69. The van der Waals surface area contributed by atoms with Crippen LogP contribution in [0, 0.1) is 0 Å². The van der Waals surface area contributed by atoms with Crippen LogP contribution in [0.5, 0.6) is 0 Å². The Morgan fingerprint density at radius 3 is 2.81 bits per heavy atom. The van der Waals surface area contributed by atoms with Crippen molar-refractivity contribution in [2.75, 3.05) is 20.1 Å². The van der Waals surface area contributed by atoms with Crippen LogP contribution in [0.15, 0.2) is 40.9 Å². The van der Waals surface area contributed by atoms with Gasteiger partial charge >= 0.3 is 0 Å². The number of nitrogens with zero attached hydrogens (tertiary/aromatic N) is 2. The lowest BCUT2D eigenvalue weighted by Crippen LogP contribution is -2.38. The molecular formula is C15H18ClN3O2. The zero-order valence-corrected chi connectivity index (χ0v) is 12.6. The second-order valence-corrected chi connectivity index (χ2v) is 5.01. The Balaban J connectivity index is 0.00000161. The van der Waals surface area contributed by atoms with Gasteiger partial charge in [0.2, 0.25) is 5.76 Å². The van der Waals surface area contributed by atoms with E-state index in [0.29, 0.717) is 11.5 Å². The predicted octanol–water partition coefficient (Wildman–Crippen LogP) is 2.20. The molecule has 1 fully saturated rings. The van der Waals surface area contributed by atoms with Gasteiger partial charge in [-0.25, -0.2) is 0 Å². The van der Waals surface area contributed by atoms with Gasteiger partial charge in [0.15, 0.2) is 0 Å². The molecule has 1 atom stereocenters. The van der Waals surface area contributed by atoms with E-state index in [9.17, 15) is 4.79 Å². The summed E-state index contributed by atoms with van der Waals surface area (Å²) in [5.74, 6) is 0.173. The maximum atomic E-state index is 12.3. The average Bonchev–Trinajstić information content (AvgIpc) is 3.18. The lowest BCUT2D eigenvalue weighted by molar-refractivity contribution is 0.0702. The van der Waals surface area contributed by atoms with Gasteiger partial charge in [-0.05, 0) is 13.0 Å². The molecule has 0 bridgehead atoms. The van der Waals surface area contributed by atoms with Gasteiger partial charge in [-0.15, -0.1) is 12.4 Å². The van der Waals surface area contributed by atoms with E-state index >= 15 is 0 Å². The molecule has 21 heavy (non-hydrogen) atoms. The van der Waals surface area contributed by atoms with Crippen LogP contribution in [-0.2, 0) is 0 Å². The highest BCUT2D eigenvalue weighted by atomic mass is 35.5. The van der Waals surface area contributed by atoms with Gasteiger partial charge in [0.25, 0.3) is 5.91 Å². The molecule has 112 valence electrons. The first-order chi connectivity index (χ1) is 9.75. The number of rotatable bonds is 3. The zero-order valence-electron chi connectivity index (χ0n) is 11.8. The number of benzene rings is 1. The molecule has 1 aliphatic heterocycles. The van der Waals surface area contributed by atoms with Crippen molar-refractivity contribution in [3.63, 3.8) is 0 Å². The van der Waals surface area contributed by atoms with E-state index in [1.54, 1.807) is 11.0 Å². The summed E-state index contributed by atoms with van der Waals surface area (Å²) >= 11 is 0. The molecule has 2 aromatic rings. The van der Waals surface area contributed by atoms with Gasteiger partial charge in [0.05, 0.1) is 0 Å². The summed E-state index contributed by atoms with van der Waals surface area (Å²) in [7, 11) is 1.81. The quantitative estimate of drug-likeness (QED) is 0.944. The fourth-order valence-corrected chi connectivity index (χ4v) is 2.43. The summed E-state index contributed by atoms with van der Waals surface area (Å²) in [6, 6.07) is 11.6. The van der Waals surface area contributed by atoms with Crippen LogP contribution >= 0.6 is 12.4 Å². The van der Waals surface area contributed by atoms with E-state index in [1.807, 2.05) is 37.4 Å². The minimum atomic E-state index is -0.117. The summed E-state index contributed by atoms with van der Waals surface area (Å²) in [5.41, 5.74) is 1.63. The molecule has 0 saturated carbocycles. The number of hydrogen-bond donors (Lipinski definition) is 1. The first-order valence-corrected chi connectivity index (χ1v) is 6.76. The number of hydrogen-bond acceptors (Lipinski definition) is 4. The number of nitrogens with one attached hydrogen (secondary N) is 1. The predicted molar refractivity (Wildman–Crippen MR) is 82.6 cm³/mol. The van der Waals surface area contributed by atoms with Crippen molar-refractivity contribution in [1.29, 1.82) is 0 Å². The molecule has 3 rings (SSSR count). The first-order valence-electron chi connectivity index (χ1n) is 6.76.